The summed E-state index contributed by atoms with van der Waals surface area (Å²) < 4.78 is 18.2. The molecule has 19 heteroatoms. The highest BCUT2D eigenvalue weighted by molar-refractivity contribution is 6.00. The Bertz CT molecular complexity index is 2500. The van der Waals surface area contributed by atoms with Crippen molar-refractivity contribution in [1.29, 1.82) is 5.26 Å². The molecule has 4 aromatic rings. The number of carbonyl (C=O) groups is 5. The molecule has 10 N–H and O–H groups in total. The van der Waals surface area contributed by atoms with Crippen molar-refractivity contribution in [2.75, 3.05) is 46.4 Å². The van der Waals surface area contributed by atoms with E-state index in [1.54, 1.807) is 50.2 Å². The zero-order chi connectivity index (χ0) is 48.4. The molecule has 4 unspecified atom stereocenters. The van der Waals surface area contributed by atoms with Crippen molar-refractivity contribution >= 4 is 29.5 Å². The Labute approximate surface area is 389 Å². The third-order valence-electron chi connectivity index (χ3n) is 11.5. The molecule has 19 nitrogen and oxygen atoms in total. The normalized spacial score (nSPS) is 17.9. The van der Waals surface area contributed by atoms with E-state index in [0.29, 0.717) is 51.0 Å². The molecule has 6 rings (SSSR count). The van der Waals surface area contributed by atoms with Gasteiger partial charge in [0.25, 0.3) is 5.91 Å². The number of amides is 5. The van der Waals surface area contributed by atoms with Crippen LogP contribution < -0.4 is 52.7 Å². The van der Waals surface area contributed by atoms with Crippen molar-refractivity contribution in [2.24, 2.45) is 17.2 Å². The van der Waals surface area contributed by atoms with E-state index in [4.69, 9.17) is 31.4 Å². The van der Waals surface area contributed by atoms with Gasteiger partial charge in [-0.1, -0.05) is 12.1 Å². The second-order valence-corrected chi connectivity index (χ2v) is 16.9. The lowest BCUT2D eigenvalue weighted by molar-refractivity contribution is -0.141. The quantitative estimate of drug-likeness (QED) is 0.0745. The molecule has 3 aromatic carbocycles. The number of ether oxygens (including phenoxy) is 3. The number of hydrogen-bond acceptors (Lipinski definition) is 14. The lowest BCUT2D eigenvalue weighted by atomic mass is 9.93. The first-order valence-corrected chi connectivity index (χ1v) is 22.2. The van der Waals surface area contributed by atoms with Crippen LogP contribution in [0.4, 0.5) is 0 Å². The largest absolute Gasteiger partial charge is 0.492 e. The molecule has 1 fully saturated rings. The smallest absolute Gasteiger partial charge is 0.255 e. The van der Waals surface area contributed by atoms with E-state index in [-0.39, 0.29) is 63.4 Å². The van der Waals surface area contributed by atoms with E-state index in [2.05, 4.69) is 38.2 Å². The highest BCUT2D eigenvalue weighted by Gasteiger charge is 2.40. The summed E-state index contributed by atoms with van der Waals surface area (Å²) in [7, 11) is 1.41. The van der Waals surface area contributed by atoms with Crippen molar-refractivity contribution in [3.8, 4) is 45.8 Å². The van der Waals surface area contributed by atoms with Crippen LogP contribution >= 0.6 is 0 Å². The van der Waals surface area contributed by atoms with Crippen LogP contribution in [-0.4, -0.2) is 115 Å². The SMILES string of the molecule is Cc1nc(-c2ccc(OC3(C)CC3)cc2)nc(C)c1C(=O)NC(CCN)C(=O)N(C)C1C(=O)NC(C)C(=O)NC(C(=O)NCC#N)Cc2ccc(OCCN)c(c2)-c2cc1ccc2OCCN. The van der Waals surface area contributed by atoms with Crippen molar-refractivity contribution in [2.45, 2.75) is 83.1 Å². The zero-order valence-corrected chi connectivity index (χ0v) is 38.4. The predicted molar refractivity (Wildman–Crippen MR) is 248 cm³/mol. The van der Waals surface area contributed by atoms with Crippen molar-refractivity contribution in [3.63, 3.8) is 0 Å². The van der Waals surface area contributed by atoms with Crippen molar-refractivity contribution in [1.82, 2.24) is 36.1 Å². The Hall–Kier alpha value is -7.14. The maximum atomic E-state index is 14.7. The molecule has 1 aliphatic heterocycles. The number of hydrogen-bond donors (Lipinski definition) is 7. The molecule has 1 saturated carbocycles. The van der Waals surface area contributed by atoms with E-state index in [0.717, 1.165) is 24.2 Å². The molecule has 354 valence electrons. The Morgan fingerprint density at radius 2 is 1.52 bits per heavy atom. The average Bonchev–Trinajstić information content (AvgIpc) is 4.04. The van der Waals surface area contributed by atoms with Crippen LogP contribution in [0.2, 0.25) is 0 Å². The lowest BCUT2D eigenvalue weighted by Crippen LogP contribution is -2.56. The van der Waals surface area contributed by atoms with Crippen LogP contribution in [0.1, 0.15) is 72.0 Å². The molecule has 4 atom stereocenters. The standard InChI is InChI=1S/C48H59N11O8/c1-27-40(28(2)55-42(54-27)31-7-10-33(11-8-31)67-48(4)15-16-48)45(62)57-36(14-17-49)47(64)59(5)41-32-9-13-39(66-23-20-52)35(26-32)34-24-30(6-12-38(34)65-22-19-51)25-37(44(61)53-21-18-50)58-43(60)29(3)56-46(41)63/h6-13,24,26,29,36-37,41H,14-17,19-23,25,49,51-52H2,1-5H3,(H,53,61)(H,56,63)(H,57,62)(H,58,60). The summed E-state index contributed by atoms with van der Waals surface area (Å²) in [6.45, 7) is 7.22. The molecule has 2 heterocycles. The fraction of sp³-hybridized carbons (Fsp3) is 0.417. The zero-order valence-electron chi connectivity index (χ0n) is 38.4. The number of nitrogens with one attached hydrogen (secondary N) is 4. The van der Waals surface area contributed by atoms with Gasteiger partial charge in [0.1, 0.15) is 66.8 Å². The summed E-state index contributed by atoms with van der Waals surface area (Å²) >= 11 is 0. The topological polar surface area (TPSA) is 292 Å². The van der Waals surface area contributed by atoms with Gasteiger partial charge in [-0.05, 0) is 113 Å². The first-order valence-electron chi connectivity index (χ1n) is 22.2. The highest BCUT2D eigenvalue weighted by atomic mass is 16.5. The molecule has 0 saturated heterocycles. The first kappa shape index (κ1) is 49.3. The average molecular weight is 918 g/mol. The van der Waals surface area contributed by atoms with E-state index >= 15 is 0 Å². The Morgan fingerprint density at radius 1 is 0.896 bits per heavy atom. The molecule has 4 bridgehead atoms. The van der Waals surface area contributed by atoms with E-state index in [9.17, 15) is 29.2 Å². The van der Waals surface area contributed by atoms with E-state index in [1.165, 1.54) is 18.9 Å². The number of aryl methyl sites for hydroxylation is 2. The lowest BCUT2D eigenvalue weighted by Gasteiger charge is -2.32. The summed E-state index contributed by atoms with van der Waals surface area (Å²) in [5.41, 5.74) is 21.1. The van der Waals surface area contributed by atoms with Gasteiger partial charge in [-0.2, -0.15) is 5.26 Å². The number of carbonyl (C=O) groups excluding carboxylic acids is 5. The number of benzene rings is 3. The number of rotatable bonds is 17. The molecule has 0 spiro atoms. The summed E-state index contributed by atoms with van der Waals surface area (Å²) in [6.07, 6.45) is 2.00. The van der Waals surface area contributed by atoms with E-state index < -0.39 is 53.7 Å². The summed E-state index contributed by atoms with van der Waals surface area (Å²) in [4.78, 5) is 81.0. The van der Waals surface area contributed by atoms with E-state index in [1.807, 2.05) is 30.3 Å². The predicted octanol–water partition coefficient (Wildman–Crippen LogP) is 1.87. The van der Waals surface area contributed by atoms with Gasteiger partial charge in [-0.15, -0.1) is 0 Å². The van der Waals surface area contributed by atoms with Crippen molar-refractivity contribution < 1.29 is 38.2 Å². The van der Waals surface area contributed by atoms with Gasteiger partial charge in [-0.3, -0.25) is 24.0 Å². The van der Waals surface area contributed by atoms with Gasteiger partial charge in [0.15, 0.2) is 5.82 Å². The number of fused-ring (bicyclic) bond motifs is 5. The Morgan fingerprint density at radius 3 is 2.12 bits per heavy atom. The summed E-state index contributed by atoms with van der Waals surface area (Å²) in [6, 6.07) is 14.4. The number of aromatic nitrogens is 2. The number of nitriles is 1. The maximum Gasteiger partial charge on any atom is 0.255 e. The summed E-state index contributed by atoms with van der Waals surface area (Å²) in [5.74, 6) is -1.45. The third kappa shape index (κ3) is 12.0. The molecule has 5 amide bonds. The summed E-state index contributed by atoms with van der Waals surface area (Å²) in [5, 5.41) is 19.9. The fourth-order valence-electron chi connectivity index (χ4n) is 7.77. The molecule has 1 aliphatic carbocycles. The van der Waals surface area contributed by atoms with Crippen LogP contribution in [0.25, 0.3) is 22.5 Å². The Balaban J connectivity index is 1.36. The van der Waals surface area contributed by atoms with Gasteiger partial charge in [-0.25, -0.2) is 9.97 Å². The second kappa shape index (κ2) is 21.9. The van der Waals surface area contributed by atoms with Crippen LogP contribution in [0.3, 0.4) is 0 Å². The van der Waals surface area contributed by atoms with Crippen LogP contribution in [0.15, 0.2) is 60.7 Å². The molecule has 0 radical (unpaired) electrons. The van der Waals surface area contributed by atoms with Gasteiger partial charge >= 0.3 is 0 Å². The van der Waals surface area contributed by atoms with Gasteiger partial charge in [0.2, 0.25) is 23.6 Å². The van der Waals surface area contributed by atoms with Crippen LogP contribution in [0, 0.1) is 25.2 Å². The number of nitrogens with zero attached hydrogens (tertiary/aromatic N) is 4. The fourth-order valence-corrected chi connectivity index (χ4v) is 7.77. The second-order valence-electron chi connectivity index (χ2n) is 16.9. The molecule has 1 aromatic heterocycles. The number of nitrogens with two attached hydrogens (primary N) is 3. The monoisotopic (exact) mass is 917 g/mol. The third-order valence-corrected chi connectivity index (χ3v) is 11.5. The van der Waals surface area contributed by atoms with Gasteiger partial charge in [0, 0.05) is 43.2 Å². The van der Waals surface area contributed by atoms with Crippen LogP contribution in [-0.2, 0) is 25.6 Å². The van der Waals surface area contributed by atoms with Gasteiger partial charge in [0.05, 0.1) is 23.0 Å². The Kier molecular flexibility index (Phi) is 16.1. The molecular formula is C48H59N11O8. The minimum absolute atomic E-state index is 0.000816. The molecule has 67 heavy (non-hydrogen) atoms. The highest BCUT2D eigenvalue weighted by Crippen LogP contribution is 2.41. The minimum atomic E-state index is -1.41. The molecular weight excluding hydrogens is 859 g/mol. The van der Waals surface area contributed by atoms with Crippen molar-refractivity contribution in [3.05, 3.63) is 88.7 Å². The van der Waals surface area contributed by atoms with Crippen LogP contribution in [0.5, 0.6) is 17.2 Å². The first-order chi connectivity index (χ1) is 32.1. The van der Waals surface area contributed by atoms with Gasteiger partial charge < -0.3 is 57.6 Å². The minimum Gasteiger partial charge on any atom is -0.492 e. The maximum absolute atomic E-state index is 14.7. The number of likely N-dealkylation sites (N-methyl/N-ethyl adjacent to an activating group) is 1. The molecule has 2 aliphatic rings.